The maximum atomic E-state index is 13.8. The van der Waals surface area contributed by atoms with Gasteiger partial charge in [0, 0.05) is 23.7 Å². The normalized spacial score (nSPS) is 12.8. The lowest BCUT2D eigenvalue weighted by atomic mass is 10.2. The van der Waals surface area contributed by atoms with Crippen LogP contribution in [0.2, 0.25) is 0 Å². The average molecular weight is 425 g/mol. The summed E-state index contributed by atoms with van der Waals surface area (Å²) in [5, 5.41) is 2.18. The van der Waals surface area contributed by atoms with Gasteiger partial charge in [-0.25, -0.2) is 12.8 Å². The molecule has 152 valence electrons. The SMILES string of the molecule is CCN(CC)S(=O)(=O)c1cc(NC(=O)[C@H](C)Sc2ccccc2F)ccc1C. The molecule has 1 N–H and O–H groups in total. The third-order valence-electron chi connectivity index (χ3n) is 4.29. The zero-order chi connectivity index (χ0) is 20.9. The molecule has 1 atom stereocenters. The molecule has 0 aliphatic heterocycles. The molecule has 0 aliphatic rings. The number of benzene rings is 2. The summed E-state index contributed by atoms with van der Waals surface area (Å²) >= 11 is 1.11. The summed E-state index contributed by atoms with van der Waals surface area (Å²) in [5.74, 6) is -0.710. The summed E-state index contributed by atoms with van der Waals surface area (Å²) in [6, 6.07) is 11.1. The van der Waals surface area contributed by atoms with Crippen molar-refractivity contribution in [2.45, 2.75) is 42.7 Å². The van der Waals surface area contributed by atoms with E-state index in [1.807, 2.05) is 0 Å². The summed E-state index contributed by atoms with van der Waals surface area (Å²) in [6.45, 7) is 7.69. The molecule has 5 nitrogen and oxygen atoms in total. The Morgan fingerprint density at radius 2 is 1.82 bits per heavy atom. The van der Waals surface area contributed by atoms with Crippen LogP contribution in [-0.4, -0.2) is 37.0 Å². The molecule has 0 radical (unpaired) electrons. The van der Waals surface area contributed by atoms with E-state index in [1.54, 1.807) is 58.0 Å². The molecule has 1 amide bonds. The molecule has 0 saturated carbocycles. The number of anilines is 1. The standard InChI is InChI=1S/C20H25FN2O3S2/c1-5-23(6-2)28(25,26)19-13-16(12-11-14(19)3)22-20(24)15(4)27-18-10-8-7-9-17(18)21/h7-13,15H,5-6H2,1-4H3,(H,22,24)/t15-/m0/s1. The lowest BCUT2D eigenvalue weighted by molar-refractivity contribution is -0.115. The quantitative estimate of drug-likeness (QED) is 0.642. The van der Waals surface area contributed by atoms with Crippen molar-refractivity contribution in [1.82, 2.24) is 4.31 Å². The van der Waals surface area contributed by atoms with Crippen LogP contribution in [-0.2, 0) is 14.8 Å². The highest BCUT2D eigenvalue weighted by atomic mass is 32.2. The van der Waals surface area contributed by atoms with Gasteiger partial charge in [0.05, 0.1) is 10.1 Å². The first kappa shape index (κ1) is 22.4. The van der Waals surface area contributed by atoms with Gasteiger partial charge in [0.15, 0.2) is 0 Å². The molecule has 2 aromatic rings. The predicted octanol–water partition coefficient (Wildman–Crippen LogP) is 4.28. The Kier molecular flexibility index (Phi) is 7.63. The van der Waals surface area contributed by atoms with Gasteiger partial charge in [0.2, 0.25) is 15.9 Å². The second-order valence-corrected chi connectivity index (χ2v) is 9.54. The van der Waals surface area contributed by atoms with Crippen molar-refractivity contribution in [2.24, 2.45) is 0 Å². The zero-order valence-electron chi connectivity index (χ0n) is 16.4. The van der Waals surface area contributed by atoms with Crippen LogP contribution in [0.3, 0.4) is 0 Å². The van der Waals surface area contributed by atoms with E-state index in [1.165, 1.54) is 16.4 Å². The highest BCUT2D eigenvalue weighted by Gasteiger charge is 2.24. The molecule has 0 unspecified atom stereocenters. The van der Waals surface area contributed by atoms with Crippen molar-refractivity contribution in [3.05, 3.63) is 53.8 Å². The number of aryl methyl sites for hydroxylation is 1. The molecule has 8 heteroatoms. The molecule has 0 spiro atoms. The Labute approximate surface area is 170 Å². The Morgan fingerprint density at radius 3 is 2.43 bits per heavy atom. The van der Waals surface area contributed by atoms with Crippen LogP contribution in [0, 0.1) is 12.7 Å². The van der Waals surface area contributed by atoms with Crippen molar-refractivity contribution in [2.75, 3.05) is 18.4 Å². The van der Waals surface area contributed by atoms with Crippen LogP contribution < -0.4 is 5.32 Å². The number of carbonyl (C=O) groups excluding carboxylic acids is 1. The Bertz CT molecular complexity index is 944. The van der Waals surface area contributed by atoms with E-state index in [4.69, 9.17) is 0 Å². The van der Waals surface area contributed by atoms with Crippen LogP contribution in [0.5, 0.6) is 0 Å². The lowest BCUT2D eigenvalue weighted by Crippen LogP contribution is -2.31. The van der Waals surface area contributed by atoms with Crippen LogP contribution in [0.15, 0.2) is 52.3 Å². The van der Waals surface area contributed by atoms with Crippen molar-refractivity contribution in [3.8, 4) is 0 Å². The van der Waals surface area contributed by atoms with Crippen LogP contribution >= 0.6 is 11.8 Å². The number of hydrogen-bond donors (Lipinski definition) is 1. The third-order valence-corrected chi connectivity index (χ3v) is 7.63. The minimum absolute atomic E-state index is 0.170. The highest BCUT2D eigenvalue weighted by molar-refractivity contribution is 8.00. The number of amides is 1. The van der Waals surface area contributed by atoms with E-state index in [0.717, 1.165) is 11.8 Å². The maximum absolute atomic E-state index is 13.8. The molecule has 0 fully saturated rings. The minimum atomic E-state index is -3.64. The van der Waals surface area contributed by atoms with Gasteiger partial charge in [-0.3, -0.25) is 4.79 Å². The van der Waals surface area contributed by atoms with E-state index < -0.39 is 15.3 Å². The van der Waals surface area contributed by atoms with E-state index in [9.17, 15) is 17.6 Å². The number of rotatable bonds is 8. The summed E-state index contributed by atoms with van der Waals surface area (Å²) in [5.41, 5.74) is 1.00. The number of halogens is 1. The second kappa shape index (κ2) is 9.54. The molecule has 2 rings (SSSR count). The molecule has 0 saturated heterocycles. The topological polar surface area (TPSA) is 66.5 Å². The fourth-order valence-corrected chi connectivity index (χ4v) is 5.28. The number of thioether (sulfide) groups is 1. The molecule has 0 aliphatic carbocycles. The Hall–Kier alpha value is -1.90. The lowest BCUT2D eigenvalue weighted by Gasteiger charge is -2.20. The van der Waals surface area contributed by atoms with Gasteiger partial charge in [0.25, 0.3) is 0 Å². The van der Waals surface area contributed by atoms with E-state index in [-0.39, 0.29) is 16.6 Å². The van der Waals surface area contributed by atoms with Crippen molar-refractivity contribution in [3.63, 3.8) is 0 Å². The first-order chi connectivity index (χ1) is 13.2. The van der Waals surface area contributed by atoms with E-state index >= 15 is 0 Å². The molecule has 2 aromatic carbocycles. The van der Waals surface area contributed by atoms with Gasteiger partial charge >= 0.3 is 0 Å². The van der Waals surface area contributed by atoms with Crippen LogP contribution in [0.25, 0.3) is 0 Å². The first-order valence-corrected chi connectivity index (χ1v) is 11.4. The number of nitrogens with one attached hydrogen (secondary N) is 1. The fraction of sp³-hybridized carbons (Fsp3) is 0.350. The monoisotopic (exact) mass is 424 g/mol. The van der Waals surface area contributed by atoms with E-state index in [0.29, 0.717) is 29.2 Å². The number of carbonyl (C=O) groups is 1. The largest absolute Gasteiger partial charge is 0.325 e. The van der Waals surface area contributed by atoms with Crippen molar-refractivity contribution >= 4 is 33.4 Å². The van der Waals surface area contributed by atoms with Gasteiger partial charge in [-0.1, -0.05) is 32.0 Å². The van der Waals surface area contributed by atoms with Gasteiger partial charge in [-0.2, -0.15) is 4.31 Å². The van der Waals surface area contributed by atoms with Crippen LogP contribution in [0.4, 0.5) is 10.1 Å². The smallest absolute Gasteiger partial charge is 0.243 e. The molecule has 28 heavy (non-hydrogen) atoms. The minimum Gasteiger partial charge on any atom is -0.325 e. The summed E-state index contributed by atoms with van der Waals surface area (Å²) in [6.07, 6.45) is 0. The van der Waals surface area contributed by atoms with Gasteiger partial charge in [0.1, 0.15) is 5.82 Å². The van der Waals surface area contributed by atoms with Gasteiger partial charge in [-0.15, -0.1) is 11.8 Å². The highest BCUT2D eigenvalue weighted by Crippen LogP contribution is 2.28. The summed E-state index contributed by atoms with van der Waals surface area (Å²) in [4.78, 5) is 13.1. The zero-order valence-corrected chi connectivity index (χ0v) is 18.0. The van der Waals surface area contributed by atoms with Crippen molar-refractivity contribution in [1.29, 1.82) is 0 Å². The van der Waals surface area contributed by atoms with Gasteiger partial charge in [-0.05, 0) is 43.7 Å². The molecular weight excluding hydrogens is 399 g/mol. The van der Waals surface area contributed by atoms with Crippen LogP contribution in [0.1, 0.15) is 26.3 Å². The third kappa shape index (κ3) is 5.12. The first-order valence-electron chi connectivity index (χ1n) is 9.03. The summed E-state index contributed by atoms with van der Waals surface area (Å²) < 4.78 is 40.8. The molecule has 0 bridgehead atoms. The predicted molar refractivity (Wildman–Crippen MR) is 112 cm³/mol. The van der Waals surface area contributed by atoms with Gasteiger partial charge < -0.3 is 5.32 Å². The summed E-state index contributed by atoms with van der Waals surface area (Å²) in [7, 11) is -3.64. The Morgan fingerprint density at radius 1 is 1.18 bits per heavy atom. The maximum Gasteiger partial charge on any atom is 0.243 e. The Balaban J connectivity index is 2.20. The van der Waals surface area contributed by atoms with E-state index in [2.05, 4.69) is 5.32 Å². The molecule has 0 heterocycles. The second-order valence-electron chi connectivity index (χ2n) is 6.25. The number of hydrogen-bond acceptors (Lipinski definition) is 4. The number of sulfonamides is 1. The fourth-order valence-electron chi connectivity index (χ4n) is 2.69. The molecule has 0 aromatic heterocycles. The molecular formula is C20H25FN2O3S2. The van der Waals surface area contributed by atoms with Crippen molar-refractivity contribution < 1.29 is 17.6 Å². The average Bonchev–Trinajstić information content (AvgIpc) is 2.65. The number of nitrogens with zero attached hydrogens (tertiary/aromatic N) is 1.